The lowest BCUT2D eigenvalue weighted by molar-refractivity contribution is -0.121. The van der Waals surface area contributed by atoms with E-state index in [9.17, 15) is 9.59 Å². The topological polar surface area (TPSA) is 67.4 Å². The summed E-state index contributed by atoms with van der Waals surface area (Å²) in [6, 6.07) is 3.55. The molecule has 0 aliphatic rings. The predicted molar refractivity (Wildman–Crippen MR) is 78.1 cm³/mol. The Morgan fingerprint density at radius 2 is 1.90 bits per heavy atom. The second kappa shape index (κ2) is 7.75. The van der Waals surface area contributed by atoms with Crippen molar-refractivity contribution < 1.29 is 14.3 Å². The average Bonchev–Trinajstić information content (AvgIpc) is 2.38. The quantitative estimate of drug-likeness (QED) is 0.781. The molecule has 0 fully saturated rings. The first-order valence-corrected chi connectivity index (χ1v) is 6.66. The third-order valence-corrected chi connectivity index (χ3v) is 3.08. The van der Waals surface area contributed by atoms with Gasteiger partial charge in [0, 0.05) is 20.0 Å². The predicted octanol–water partition coefficient (Wildman–Crippen LogP) is 1.45. The first-order chi connectivity index (χ1) is 9.43. The number of nitrogens with one attached hydrogen (secondary N) is 2. The third kappa shape index (κ3) is 5.09. The van der Waals surface area contributed by atoms with Crippen molar-refractivity contribution >= 4 is 23.4 Å². The van der Waals surface area contributed by atoms with Crippen LogP contribution in [0.4, 0.5) is 0 Å². The first kappa shape index (κ1) is 16.3. The lowest BCUT2D eigenvalue weighted by atomic mass is 10.0. The Morgan fingerprint density at radius 3 is 2.50 bits per heavy atom. The van der Waals surface area contributed by atoms with E-state index in [1.165, 1.54) is 6.92 Å². The van der Waals surface area contributed by atoms with Gasteiger partial charge in [-0.3, -0.25) is 9.59 Å². The average molecular weight is 299 g/mol. The van der Waals surface area contributed by atoms with E-state index in [1.54, 1.807) is 13.2 Å². The normalized spacial score (nSPS) is 10.0. The van der Waals surface area contributed by atoms with E-state index >= 15 is 0 Å². The van der Waals surface area contributed by atoms with Crippen LogP contribution >= 0.6 is 11.6 Å². The number of hydrogen-bond acceptors (Lipinski definition) is 3. The molecule has 0 saturated heterocycles. The van der Waals surface area contributed by atoms with E-state index in [0.717, 1.165) is 11.1 Å². The molecule has 0 aliphatic carbocycles. The number of aryl methyl sites for hydroxylation is 1. The van der Waals surface area contributed by atoms with Crippen LogP contribution < -0.4 is 15.4 Å². The van der Waals surface area contributed by atoms with Crippen LogP contribution in [0.1, 0.15) is 18.1 Å². The van der Waals surface area contributed by atoms with Crippen LogP contribution in [-0.4, -0.2) is 32.0 Å². The number of amides is 2. The van der Waals surface area contributed by atoms with Crippen molar-refractivity contribution in [2.24, 2.45) is 0 Å². The van der Waals surface area contributed by atoms with Crippen molar-refractivity contribution in [3.63, 3.8) is 0 Å². The van der Waals surface area contributed by atoms with Crippen molar-refractivity contribution in [1.29, 1.82) is 0 Å². The van der Waals surface area contributed by atoms with Gasteiger partial charge >= 0.3 is 0 Å². The highest BCUT2D eigenvalue weighted by Gasteiger charge is 2.10. The zero-order valence-electron chi connectivity index (χ0n) is 11.9. The van der Waals surface area contributed by atoms with Crippen molar-refractivity contribution in [3.8, 4) is 5.75 Å². The van der Waals surface area contributed by atoms with E-state index in [1.807, 2.05) is 13.0 Å². The Balaban J connectivity index is 2.53. The molecule has 20 heavy (non-hydrogen) atoms. The molecule has 1 aromatic rings. The second-order valence-corrected chi connectivity index (χ2v) is 4.83. The Morgan fingerprint density at radius 1 is 1.25 bits per heavy atom. The summed E-state index contributed by atoms with van der Waals surface area (Å²) in [5.41, 5.74) is 1.80. The molecular weight excluding hydrogens is 280 g/mol. The largest absolute Gasteiger partial charge is 0.495 e. The molecule has 0 aromatic heterocycles. The van der Waals surface area contributed by atoms with E-state index in [2.05, 4.69) is 10.6 Å². The smallest absolute Gasteiger partial charge is 0.224 e. The molecule has 0 radical (unpaired) electrons. The number of ether oxygens (including phenoxy) is 1. The fourth-order valence-electron chi connectivity index (χ4n) is 1.72. The maximum atomic E-state index is 11.8. The zero-order valence-corrected chi connectivity index (χ0v) is 12.6. The molecule has 0 saturated carbocycles. The number of methoxy groups -OCH3 is 1. The molecule has 0 unspecified atom stereocenters. The van der Waals surface area contributed by atoms with Crippen LogP contribution in [0.2, 0.25) is 5.02 Å². The molecule has 110 valence electrons. The summed E-state index contributed by atoms with van der Waals surface area (Å²) >= 11 is 6.04. The van der Waals surface area contributed by atoms with Crippen LogP contribution in [-0.2, 0) is 16.0 Å². The molecule has 0 atom stereocenters. The number of carbonyl (C=O) groups is 2. The van der Waals surface area contributed by atoms with E-state index in [-0.39, 0.29) is 18.2 Å². The Bertz CT molecular complexity index is 503. The van der Waals surface area contributed by atoms with Crippen molar-refractivity contribution in [2.75, 3.05) is 20.2 Å². The minimum Gasteiger partial charge on any atom is -0.495 e. The number of benzene rings is 1. The van der Waals surface area contributed by atoms with Gasteiger partial charge in [0.05, 0.1) is 18.6 Å². The fraction of sp³-hybridized carbons (Fsp3) is 0.429. The lowest BCUT2D eigenvalue weighted by Crippen LogP contribution is -2.34. The van der Waals surface area contributed by atoms with Gasteiger partial charge in [-0.25, -0.2) is 0 Å². The highest BCUT2D eigenvalue weighted by molar-refractivity contribution is 6.32. The molecular formula is C14H19ClN2O3. The Labute approximate surface area is 123 Å². The third-order valence-electron chi connectivity index (χ3n) is 2.78. The van der Waals surface area contributed by atoms with Crippen molar-refractivity contribution in [3.05, 3.63) is 28.3 Å². The minimum absolute atomic E-state index is 0.111. The summed E-state index contributed by atoms with van der Waals surface area (Å²) in [6.07, 6.45) is 0.246. The molecule has 2 N–H and O–H groups in total. The van der Waals surface area contributed by atoms with E-state index < -0.39 is 0 Å². The van der Waals surface area contributed by atoms with Crippen LogP contribution in [0.15, 0.2) is 12.1 Å². The maximum absolute atomic E-state index is 11.8. The highest BCUT2D eigenvalue weighted by atomic mass is 35.5. The molecule has 0 bridgehead atoms. The van der Waals surface area contributed by atoms with Gasteiger partial charge in [-0.2, -0.15) is 0 Å². The minimum atomic E-state index is -0.114. The van der Waals surface area contributed by atoms with E-state index in [4.69, 9.17) is 16.3 Å². The summed E-state index contributed by atoms with van der Waals surface area (Å²) in [6.45, 7) is 4.16. The molecule has 0 aliphatic heterocycles. The highest BCUT2D eigenvalue weighted by Crippen LogP contribution is 2.27. The van der Waals surface area contributed by atoms with Gasteiger partial charge in [0.2, 0.25) is 11.8 Å². The van der Waals surface area contributed by atoms with Crippen LogP contribution in [0, 0.1) is 6.92 Å². The summed E-state index contributed by atoms with van der Waals surface area (Å²) in [4.78, 5) is 22.4. The van der Waals surface area contributed by atoms with Crippen LogP contribution in [0.25, 0.3) is 0 Å². The van der Waals surface area contributed by atoms with Gasteiger partial charge < -0.3 is 15.4 Å². The molecule has 2 amide bonds. The summed E-state index contributed by atoms with van der Waals surface area (Å²) in [7, 11) is 1.55. The first-order valence-electron chi connectivity index (χ1n) is 6.28. The number of hydrogen-bond donors (Lipinski definition) is 2. The van der Waals surface area contributed by atoms with Gasteiger partial charge in [-0.05, 0) is 30.2 Å². The lowest BCUT2D eigenvalue weighted by Gasteiger charge is -2.10. The molecule has 6 heteroatoms. The van der Waals surface area contributed by atoms with E-state index in [0.29, 0.717) is 23.9 Å². The standard InChI is InChI=1S/C14H19ClN2O3/c1-9-6-13(20-3)12(15)7-11(9)8-14(19)17-5-4-16-10(2)18/h6-7H,4-5,8H2,1-3H3,(H,16,18)(H,17,19). The van der Waals surface area contributed by atoms with Gasteiger partial charge in [0.1, 0.15) is 5.75 Å². The number of rotatable bonds is 6. The summed E-state index contributed by atoms with van der Waals surface area (Å²) in [5, 5.41) is 5.83. The number of halogens is 1. The van der Waals surface area contributed by atoms with Crippen LogP contribution in [0.3, 0.4) is 0 Å². The van der Waals surface area contributed by atoms with Crippen molar-refractivity contribution in [2.45, 2.75) is 20.3 Å². The maximum Gasteiger partial charge on any atom is 0.224 e. The SMILES string of the molecule is COc1cc(C)c(CC(=O)NCCNC(C)=O)cc1Cl. The van der Waals surface area contributed by atoms with Crippen molar-refractivity contribution in [1.82, 2.24) is 10.6 Å². The second-order valence-electron chi connectivity index (χ2n) is 4.42. The van der Waals surface area contributed by atoms with Gasteiger partial charge in [-0.15, -0.1) is 0 Å². The Kier molecular flexibility index (Phi) is 6.31. The molecule has 0 heterocycles. The summed E-state index contributed by atoms with van der Waals surface area (Å²) < 4.78 is 5.11. The Hall–Kier alpha value is -1.75. The number of carbonyl (C=O) groups excluding carboxylic acids is 2. The molecule has 5 nitrogen and oxygen atoms in total. The molecule has 1 rings (SSSR count). The zero-order chi connectivity index (χ0) is 15.1. The van der Waals surface area contributed by atoms with Gasteiger partial charge in [0.25, 0.3) is 0 Å². The molecule has 0 spiro atoms. The molecule has 1 aromatic carbocycles. The van der Waals surface area contributed by atoms with Gasteiger partial charge in [-0.1, -0.05) is 11.6 Å². The van der Waals surface area contributed by atoms with Gasteiger partial charge in [0.15, 0.2) is 0 Å². The monoisotopic (exact) mass is 298 g/mol. The van der Waals surface area contributed by atoms with Crippen LogP contribution in [0.5, 0.6) is 5.75 Å². The summed E-state index contributed by atoms with van der Waals surface area (Å²) in [5.74, 6) is 0.371. The fourth-order valence-corrected chi connectivity index (χ4v) is 1.98.